The molecule has 0 amide bonds. The first-order valence-electron chi connectivity index (χ1n) is 6.13. The minimum atomic E-state index is 0.226. The van der Waals surface area contributed by atoms with Crippen LogP contribution in [0, 0.1) is 0 Å². The normalized spacial score (nSPS) is 26.3. The Morgan fingerprint density at radius 2 is 2.31 bits per heavy atom. The van der Waals surface area contributed by atoms with Gasteiger partial charge in [-0.2, -0.15) is 0 Å². The smallest absolute Gasteiger partial charge is 0.123 e. The molecular weight excluding hydrogens is 198 g/mol. The molecule has 1 aliphatic rings. The van der Waals surface area contributed by atoms with Crippen molar-refractivity contribution in [3.05, 3.63) is 23.9 Å². The summed E-state index contributed by atoms with van der Waals surface area (Å²) in [4.78, 5) is 4.03. The van der Waals surface area contributed by atoms with E-state index in [1.165, 1.54) is 31.2 Å². The van der Waals surface area contributed by atoms with Crippen LogP contribution in [0.5, 0.6) is 0 Å². The number of hydrogen-bond acceptors (Lipinski definition) is 3. The van der Waals surface area contributed by atoms with Gasteiger partial charge in [-0.1, -0.05) is 12.8 Å². The molecule has 2 heterocycles. The van der Waals surface area contributed by atoms with Crippen molar-refractivity contribution in [1.29, 1.82) is 0 Å². The molecule has 1 saturated heterocycles. The van der Waals surface area contributed by atoms with Gasteiger partial charge in [-0.05, 0) is 50.4 Å². The molecule has 3 nitrogen and oxygen atoms in total. The summed E-state index contributed by atoms with van der Waals surface area (Å²) in [6, 6.07) is 4.05. The molecule has 3 heteroatoms. The minimum absolute atomic E-state index is 0.226. The second-order valence-electron chi connectivity index (χ2n) is 5.06. The monoisotopic (exact) mass is 219 g/mol. The summed E-state index contributed by atoms with van der Waals surface area (Å²) in [7, 11) is 0. The first-order valence-corrected chi connectivity index (χ1v) is 6.13. The summed E-state index contributed by atoms with van der Waals surface area (Å²) in [5.74, 6) is 0.620. The zero-order valence-electron chi connectivity index (χ0n) is 10.00. The number of anilines is 1. The van der Waals surface area contributed by atoms with Crippen LogP contribution in [-0.4, -0.2) is 17.1 Å². The lowest BCUT2D eigenvalue weighted by atomic mass is 9.89. The fourth-order valence-electron chi connectivity index (χ4n) is 2.50. The van der Waals surface area contributed by atoms with Gasteiger partial charge in [-0.15, -0.1) is 0 Å². The summed E-state index contributed by atoms with van der Waals surface area (Å²) < 4.78 is 0. The standard InChI is InChI=1S/C13H21N3/c1-13(6-3-2-4-7-16-13)10-11-5-8-15-12(14)9-11/h5,8-9,16H,2-4,6-7,10H2,1H3,(H2,14,15). The summed E-state index contributed by atoms with van der Waals surface area (Å²) in [6.07, 6.45) is 8.05. The highest BCUT2D eigenvalue weighted by atomic mass is 15.0. The van der Waals surface area contributed by atoms with Crippen molar-refractivity contribution in [3.8, 4) is 0 Å². The van der Waals surface area contributed by atoms with E-state index in [1.54, 1.807) is 6.20 Å². The van der Waals surface area contributed by atoms with Crippen molar-refractivity contribution in [3.63, 3.8) is 0 Å². The molecule has 0 aliphatic carbocycles. The number of rotatable bonds is 2. The Kier molecular flexibility index (Phi) is 3.44. The van der Waals surface area contributed by atoms with E-state index in [2.05, 4.69) is 23.3 Å². The molecule has 1 aromatic heterocycles. The zero-order valence-corrected chi connectivity index (χ0v) is 10.00. The van der Waals surface area contributed by atoms with Gasteiger partial charge >= 0.3 is 0 Å². The molecule has 0 bridgehead atoms. The Bertz CT molecular complexity index is 341. The highest BCUT2D eigenvalue weighted by Gasteiger charge is 2.25. The summed E-state index contributed by atoms with van der Waals surface area (Å²) in [5, 5.41) is 3.66. The van der Waals surface area contributed by atoms with Gasteiger partial charge in [-0.3, -0.25) is 0 Å². The van der Waals surface area contributed by atoms with E-state index >= 15 is 0 Å². The molecular formula is C13H21N3. The van der Waals surface area contributed by atoms with Gasteiger partial charge in [0.1, 0.15) is 5.82 Å². The Morgan fingerprint density at radius 3 is 3.12 bits per heavy atom. The van der Waals surface area contributed by atoms with E-state index in [4.69, 9.17) is 5.73 Å². The molecule has 88 valence electrons. The molecule has 0 saturated carbocycles. The van der Waals surface area contributed by atoms with Crippen molar-refractivity contribution in [2.24, 2.45) is 0 Å². The molecule has 1 unspecified atom stereocenters. The Labute approximate surface area is 97.5 Å². The van der Waals surface area contributed by atoms with E-state index in [9.17, 15) is 0 Å². The summed E-state index contributed by atoms with van der Waals surface area (Å²) in [5.41, 5.74) is 7.21. The maximum atomic E-state index is 5.71. The molecule has 1 aliphatic heterocycles. The fraction of sp³-hybridized carbons (Fsp3) is 0.615. The zero-order chi connectivity index (χ0) is 11.4. The van der Waals surface area contributed by atoms with Crippen LogP contribution in [-0.2, 0) is 6.42 Å². The quantitative estimate of drug-likeness (QED) is 0.801. The third-order valence-electron chi connectivity index (χ3n) is 3.40. The first-order chi connectivity index (χ1) is 7.68. The average molecular weight is 219 g/mol. The molecule has 1 atom stereocenters. The second kappa shape index (κ2) is 4.83. The lowest BCUT2D eigenvalue weighted by Crippen LogP contribution is -2.43. The Morgan fingerprint density at radius 1 is 1.44 bits per heavy atom. The number of aromatic nitrogens is 1. The number of nitrogens with one attached hydrogen (secondary N) is 1. The third kappa shape index (κ3) is 2.95. The van der Waals surface area contributed by atoms with Crippen LogP contribution in [0.4, 0.5) is 5.82 Å². The first kappa shape index (κ1) is 11.4. The molecule has 1 fully saturated rings. The van der Waals surface area contributed by atoms with Crippen LogP contribution in [0.15, 0.2) is 18.3 Å². The number of nitrogens with zero attached hydrogens (tertiary/aromatic N) is 1. The summed E-state index contributed by atoms with van der Waals surface area (Å²) >= 11 is 0. The third-order valence-corrected chi connectivity index (χ3v) is 3.40. The average Bonchev–Trinajstić information content (AvgIpc) is 2.43. The van der Waals surface area contributed by atoms with Crippen molar-refractivity contribution >= 4 is 5.82 Å². The summed E-state index contributed by atoms with van der Waals surface area (Å²) in [6.45, 7) is 3.45. The molecule has 0 radical (unpaired) electrons. The number of nitrogens with two attached hydrogens (primary N) is 1. The Hall–Kier alpha value is -1.09. The van der Waals surface area contributed by atoms with Gasteiger partial charge in [0.2, 0.25) is 0 Å². The number of pyridine rings is 1. The van der Waals surface area contributed by atoms with Gasteiger partial charge in [0.15, 0.2) is 0 Å². The van der Waals surface area contributed by atoms with Crippen molar-refractivity contribution in [2.45, 2.75) is 44.6 Å². The molecule has 0 aromatic carbocycles. The van der Waals surface area contributed by atoms with Crippen LogP contribution in [0.1, 0.15) is 38.2 Å². The largest absolute Gasteiger partial charge is 0.384 e. The van der Waals surface area contributed by atoms with Crippen LogP contribution in [0.25, 0.3) is 0 Å². The second-order valence-corrected chi connectivity index (χ2v) is 5.06. The van der Waals surface area contributed by atoms with Crippen molar-refractivity contribution < 1.29 is 0 Å². The van der Waals surface area contributed by atoms with Gasteiger partial charge in [0.05, 0.1) is 0 Å². The lowest BCUT2D eigenvalue weighted by Gasteiger charge is -2.29. The SMILES string of the molecule is CC1(Cc2ccnc(N)c2)CCCCCN1. The van der Waals surface area contributed by atoms with Crippen molar-refractivity contribution in [2.75, 3.05) is 12.3 Å². The van der Waals surface area contributed by atoms with Crippen LogP contribution >= 0.6 is 0 Å². The van der Waals surface area contributed by atoms with Crippen LogP contribution in [0.2, 0.25) is 0 Å². The predicted molar refractivity (Wildman–Crippen MR) is 67.2 cm³/mol. The van der Waals surface area contributed by atoms with E-state index in [-0.39, 0.29) is 5.54 Å². The lowest BCUT2D eigenvalue weighted by molar-refractivity contribution is 0.345. The van der Waals surface area contributed by atoms with Gasteiger partial charge < -0.3 is 11.1 Å². The molecule has 3 N–H and O–H groups in total. The maximum Gasteiger partial charge on any atom is 0.123 e. The van der Waals surface area contributed by atoms with E-state index in [1.807, 2.05) is 6.07 Å². The van der Waals surface area contributed by atoms with Crippen LogP contribution < -0.4 is 11.1 Å². The predicted octanol–water partition coefficient (Wildman–Crippen LogP) is 2.13. The van der Waals surface area contributed by atoms with E-state index in [0.717, 1.165) is 13.0 Å². The van der Waals surface area contributed by atoms with E-state index in [0.29, 0.717) is 5.82 Å². The minimum Gasteiger partial charge on any atom is -0.384 e. The maximum absolute atomic E-state index is 5.71. The molecule has 2 rings (SSSR count). The van der Waals surface area contributed by atoms with Gasteiger partial charge in [0, 0.05) is 11.7 Å². The van der Waals surface area contributed by atoms with Gasteiger partial charge in [0.25, 0.3) is 0 Å². The van der Waals surface area contributed by atoms with Crippen molar-refractivity contribution in [1.82, 2.24) is 10.3 Å². The highest BCUT2D eigenvalue weighted by molar-refractivity contribution is 5.32. The van der Waals surface area contributed by atoms with Gasteiger partial charge in [-0.25, -0.2) is 4.98 Å². The molecule has 1 aromatic rings. The number of hydrogen-bond donors (Lipinski definition) is 2. The highest BCUT2D eigenvalue weighted by Crippen LogP contribution is 2.23. The van der Waals surface area contributed by atoms with Crippen LogP contribution in [0.3, 0.4) is 0 Å². The molecule has 0 spiro atoms. The fourth-order valence-corrected chi connectivity index (χ4v) is 2.50. The number of nitrogen functional groups attached to an aromatic ring is 1. The van der Waals surface area contributed by atoms with E-state index < -0.39 is 0 Å². The molecule has 16 heavy (non-hydrogen) atoms. The Balaban J connectivity index is 2.06. The topological polar surface area (TPSA) is 50.9 Å².